The van der Waals surface area contributed by atoms with Crippen molar-refractivity contribution in [1.29, 1.82) is 0 Å². The first-order chi connectivity index (χ1) is 10.9. The molecule has 0 aliphatic rings. The van der Waals surface area contributed by atoms with Crippen LogP contribution in [-0.4, -0.2) is 30.3 Å². The zero-order chi connectivity index (χ0) is 16.9. The molecule has 2 rings (SSSR count). The van der Waals surface area contributed by atoms with Gasteiger partial charge in [-0.25, -0.2) is 0 Å². The number of furan rings is 1. The van der Waals surface area contributed by atoms with Crippen LogP contribution in [0.25, 0.3) is 0 Å². The van der Waals surface area contributed by atoms with Crippen molar-refractivity contribution in [3.63, 3.8) is 0 Å². The van der Waals surface area contributed by atoms with Crippen molar-refractivity contribution in [2.45, 2.75) is 12.3 Å². The van der Waals surface area contributed by atoms with Crippen LogP contribution in [0, 0.1) is 0 Å². The van der Waals surface area contributed by atoms with Gasteiger partial charge in [0, 0.05) is 6.54 Å². The minimum atomic E-state index is -4.46. The number of ether oxygens (including phenoxy) is 1. The van der Waals surface area contributed by atoms with Crippen LogP contribution in [0.5, 0.6) is 5.75 Å². The van der Waals surface area contributed by atoms with Crippen molar-refractivity contribution in [3.8, 4) is 5.75 Å². The summed E-state index contributed by atoms with van der Waals surface area (Å²) in [6, 6.07) is 7.33. The van der Waals surface area contributed by atoms with Crippen molar-refractivity contribution < 1.29 is 32.2 Å². The zero-order valence-corrected chi connectivity index (χ0v) is 11.8. The SMILES string of the molecule is O=C(NCC(O)COc1cccc(C(F)(F)F)c1)c1ccco1. The molecule has 2 N–H and O–H groups in total. The number of amides is 1. The van der Waals surface area contributed by atoms with Crippen molar-refractivity contribution in [1.82, 2.24) is 5.32 Å². The Morgan fingerprint density at radius 3 is 2.74 bits per heavy atom. The monoisotopic (exact) mass is 329 g/mol. The highest BCUT2D eigenvalue weighted by molar-refractivity contribution is 5.91. The van der Waals surface area contributed by atoms with E-state index in [-0.39, 0.29) is 24.7 Å². The quantitative estimate of drug-likeness (QED) is 0.854. The van der Waals surface area contributed by atoms with E-state index in [4.69, 9.17) is 9.15 Å². The van der Waals surface area contributed by atoms with E-state index in [0.29, 0.717) is 0 Å². The molecule has 0 saturated carbocycles. The van der Waals surface area contributed by atoms with E-state index in [1.54, 1.807) is 6.07 Å². The molecule has 0 fully saturated rings. The van der Waals surface area contributed by atoms with Gasteiger partial charge in [-0.2, -0.15) is 13.2 Å². The van der Waals surface area contributed by atoms with Gasteiger partial charge in [0.05, 0.1) is 11.8 Å². The van der Waals surface area contributed by atoms with Gasteiger partial charge in [0.25, 0.3) is 5.91 Å². The molecule has 0 aliphatic heterocycles. The molecule has 0 saturated heterocycles. The molecule has 5 nitrogen and oxygen atoms in total. The first-order valence-electron chi connectivity index (χ1n) is 6.66. The number of hydrogen-bond donors (Lipinski definition) is 2. The molecule has 124 valence electrons. The van der Waals surface area contributed by atoms with Crippen molar-refractivity contribution in [2.24, 2.45) is 0 Å². The second-order valence-corrected chi connectivity index (χ2v) is 4.68. The van der Waals surface area contributed by atoms with E-state index >= 15 is 0 Å². The summed E-state index contributed by atoms with van der Waals surface area (Å²) in [5.41, 5.74) is -0.837. The Morgan fingerprint density at radius 2 is 2.09 bits per heavy atom. The maximum atomic E-state index is 12.5. The second kappa shape index (κ2) is 7.19. The van der Waals surface area contributed by atoms with Crippen LogP contribution in [-0.2, 0) is 6.18 Å². The number of aliphatic hydroxyl groups excluding tert-OH is 1. The Hall–Kier alpha value is -2.48. The molecule has 1 atom stereocenters. The lowest BCUT2D eigenvalue weighted by Crippen LogP contribution is -2.35. The lowest BCUT2D eigenvalue weighted by Gasteiger charge is -2.14. The van der Waals surface area contributed by atoms with Gasteiger partial charge in [0.1, 0.15) is 18.5 Å². The summed E-state index contributed by atoms with van der Waals surface area (Å²) < 4.78 is 47.6. The average Bonchev–Trinajstić information content (AvgIpc) is 3.04. The molecule has 2 aromatic rings. The minimum Gasteiger partial charge on any atom is -0.491 e. The average molecular weight is 329 g/mol. The van der Waals surface area contributed by atoms with Gasteiger partial charge in [-0.05, 0) is 30.3 Å². The third kappa shape index (κ3) is 5.03. The smallest absolute Gasteiger partial charge is 0.416 e. The first-order valence-corrected chi connectivity index (χ1v) is 6.66. The summed E-state index contributed by atoms with van der Waals surface area (Å²) in [5.74, 6) is -0.430. The largest absolute Gasteiger partial charge is 0.491 e. The molecule has 1 aromatic heterocycles. The third-order valence-electron chi connectivity index (χ3n) is 2.85. The molecule has 1 heterocycles. The molecule has 0 aliphatic carbocycles. The number of carbonyl (C=O) groups is 1. The van der Waals surface area contributed by atoms with E-state index in [1.807, 2.05) is 0 Å². The second-order valence-electron chi connectivity index (χ2n) is 4.68. The first kappa shape index (κ1) is 16.9. The molecule has 8 heteroatoms. The fourth-order valence-electron chi connectivity index (χ4n) is 1.72. The molecule has 1 amide bonds. The molecule has 1 unspecified atom stereocenters. The van der Waals surface area contributed by atoms with Gasteiger partial charge < -0.3 is 19.6 Å². The summed E-state index contributed by atoms with van der Waals surface area (Å²) in [4.78, 5) is 11.6. The molecule has 0 spiro atoms. The van der Waals surface area contributed by atoms with Crippen LogP contribution in [0.1, 0.15) is 16.1 Å². The number of aliphatic hydroxyl groups is 1. The third-order valence-corrected chi connectivity index (χ3v) is 2.85. The van der Waals surface area contributed by atoms with Crippen molar-refractivity contribution >= 4 is 5.91 Å². The fourth-order valence-corrected chi connectivity index (χ4v) is 1.72. The number of alkyl halides is 3. The van der Waals surface area contributed by atoms with Crippen molar-refractivity contribution in [3.05, 3.63) is 54.0 Å². The standard InChI is InChI=1S/C15H14F3NO4/c16-15(17,18)10-3-1-4-12(7-10)23-9-11(20)8-19-14(21)13-5-2-6-22-13/h1-7,11,20H,8-9H2,(H,19,21). The normalized spacial score (nSPS) is 12.7. The Kier molecular flexibility index (Phi) is 5.28. The van der Waals surface area contributed by atoms with Gasteiger partial charge in [0.15, 0.2) is 5.76 Å². The Balaban J connectivity index is 1.80. The van der Waals surface area contributed by atoms with Crippen LogP contribution in [0.3, 0.4) is 0 Å². The van der Waals surface area contributed by atoms with E-state index < -0.39 is 23.8 Å². The van der Waals surface area contributed by atoms with Crippen LogP contribution in [0.15, 0.2) is 47.1 Å². The van der Waals surface area contributed by atoms with E-state index in [0.717, 1.165) is 12.1 Å². The molecular weight excluding hydrogens is 315 g/mol. The molecule has 0 radical (unpaired) electrons. The summed E-state index contributed by atoms with van der Waals surface area (Å²) in [7, 11) is 0. The summed E-state index contributed by atoms with van der Waals surface area (Å²) in [6.07, 6.45) is -4.21. The number of nitrogens with one attached hydrogen (secondary N) is 1. The highest BCUT2D eigenvalue weighted by Gasteiger charge is 2.30. The zero-order valence-electron chi connectivity index (χ0n) is 11.8. The fraction of sp³-hybridized carbons (Fsp3) is 0.267. The van der Waals surface area contributed by atoms with Crippen LogP contribution in [0.2, 0.25) is 0 Å². The van der Waals surface area contributed by atoms with Gasteiger partial charge in [-0.3, -0.25) is 4.79 Å². The van der Waals surface area contributed by atoms with Crippen molar-refractivity contribution in [2.75, 3.05) is 13.2 Å². The minimum absolute atomic E-state index is 0.0174. The van der Waals surface area contributed by atoms with E-state index in [9.17, 15) is 23.1 Å². The predicted octanol–water partition coefficient (Wildman–Crippen LogP) is 2.47. The predicted molar refractivity (Wildman–Crippen MR) is 74.0 cm³/mol. The maximum absolute atomic E-state index is 12.5. The number of halogens is 3. The maximum Gasteiger partial charge on any atom is 0.416 e. The van der Waals surface area contributed by atoms with Gasteiger partial charge >= 0.3 is 6.18 Å². The number of carbonyl (C=O) groups excluding carboxylic acids is 1. The molecule has 1 aromatic carbocycles. The highest BCUT2D eigenvalue weighted by atomic mass is 19.4. The highest BCUT2D eigenvalue weighted by Crippen LogP contribution is 2.31. The topological polar surface area (TPSA) is 71.7 Å². The van der Waals surface area contributed by atoms with E-state index in [1.165, 1.54) is 24.5 Å². The lowest BCUT2D eigenvalue weighted by atomic mass is 10.2. The van der Waals surface area contributed by atoms with Gasteiger partial charge in [0.2, 0.25) is 0 Å². The van der Waals surface area contributed by atoms with E-state index in [2.05, 4.69) is 5.32 Å². The van der Waals surface area contributed by atoms with Gasteiger partial charge in [-0.1, -0.05) is 6.07 Å². The number of benzene rings is 1. The number of hydrogen-bond acceptors (Lipinski definition) is 4. The Morgan fingerprint density at radius 1 is 1.30 bits per heavy atom. The lowest BCUT2D eigenvalue weighted by molar-refractivity contribution is -0.137. The summed E-state index contributed by atoms with van der Waals surface area (Å²) in [6.45, 7) is -0.391. The molecule has 0 bridgehead atoms. The summed E-state index contributed by atoms with van der Waals surface area (Å²) in [5, 5.41) is 12.1. The summed E-state index contributed by atoms with van der Waals surface area (Å²) >= 11 is 0. The van der Waals surface area contributed by atoms with Crippen LogP contribution >= 0.6 is 0 Å². The Labute approximate surface area is 129 Å². The van der Waals surface area contributed by atoms with Crippen LogP contribution in [0.4, 0.5) is 13.2 Å². The molecular formula is C15H14F3NO4. The van der Waals surface area contributed by atoms with Crippen LogP contribution < -0.4 is 10.1 Å². The van der Waals surface area contributed by atoms with Gasteiger partial charge in [-0.15, -0.1) is 0 Å². The Bertz CT molecular complexity index is 640. The molecule has 23 heavy (non-hydrogen) atoms. The number of rotatable bonds is 6.